The molecule has 1 amide bonds. The number of phenolic OH excluding ortho intramolecular Hbond substituents is 1. The third-order valence-corrected chi connectivity index (χ3v) is 4.24. The highest BCUT2D eigenvalue weighted by molar-refractivity contribution is 7.17. The third-order valence-electron chi connectivity index (χ3n) is 3.11. The zero-order chi connectivity index (χ0) is 15.5. The zero-order valence-electron chi connectivity index (χ0n) is 11.4. The van der Waals surface area contributed by atoms with Crippen LogP contribution in [0.5, 0.6) is 5.75 Å². The molecule has 0 bridgehead atoms. The highest BCUT2D eigenvalue weighted by atomic mass is 32.1. The number of hydrogen-bond acceptors (Lipinski definition) is 3. The number of benzene rings is 2. The van der Waals surface area contributed by atoms with Crippen molar-refractivity contribution in [1.82, 2.24) is 0 Å². The van der Waals surface area contributed by atoms with Gasteiger partial charge < -0.3 is 10.4 Å². The molecule has 1 aromatic heterocycles. The van der Waals surface area contributed by atoms with Crippen molar-refractivity contribution < 1.29 is 14.3 Å². The summed E-state index contributed by atoms with van der Waals surface area (Å²) in [6, 6.07) is 16.2. The quantitative estimate of drug-likeness (QED) is 0.699. The van der Waals surface area contributed by atoms with E-state index in [0.29, 0.717) is 10.6 Å². The van der Waals surface area contributed by atoms with Crippen LogP contribution in [0.1, 0.15) is 9.67 Å². The number of halogens is 1. The highest BCUT2D eigenvalue weighted by Gasteiger charge is 2.12. The fourth-order valence-electron chi connectivity index (χ4n) is 1.99. The number of amides is 1. The number of carbonyl (C=O) groups excluding carboxylic acids is 1. The molecule has 2 N–H and O–H groups in total. The normalized spacial score (nSPS) is 10.4. The van der Waals surface area contributed by atoms with Gasteiger partial charge in [0.15, 0.2) is 0 Å². The topological polar surface area (TPSA) is 49.3 Å². The minimum atomic E-state index is -0.294. The van der Waals surface area contributed by atoms with Gasteiger partial charge in [-0.15, -0.1) is 11.3 Å². The average Bonchev–Trinajstić information content (AvgIpc) is 3.00. The molecule has 0 radical (unpaired) electrons. The fourth-order valence-corrected chi connectivity index (χ4v) is 2.90. The van der Waals surface area contributed by atoms with Gasteiger partial charge in [-0.3, -0.25) is 4.79 Å². The first-order chi connectivity index (χ1) is 10.6. The summed E-state index contributed by atoms with van der Waals surface area (Å²) in [4.78, 5) is 13.6. The largest absolute Gasteiger partial charge is 0.506 e. The summed E-state index contributed by atoms with van der Waals surface area (Å²) >= 11 is 1.31. The Kier molecular flexibility index (Phi) is 3.89. The Morgan fingerprint density at radius 3 is 2.45 bits per heavy atom. The van der Waals surface area contributed by atoms with Crippen LogP contribution >= 0.6 is 11.3 Å². The second-order valence-corrected chi connectivity index (χ2v) is 5.73. The lowest BCUT2D eigenvalue weighted by Crippen LogP contribution is -2.09. The van der Waals surface area contributed by atoms with E-state index >= 15 is 0 Å². The van der Waals surface area contributed by atoms with E-state index in [0.717, 1.165) is 10.4 Å². The monoisotopic (exact) mass is 313 g/mol. The highest BCUT2D eigenvalue weighted by Crippen LogP contribution is 2.29. The Labute approximate surface area is 130 Å². The van der Waals surface area contributed by atoms with Crippen LogP contribution in [0.2, 0.25) is 0 Å². The van der Waals surface area contributed by atoms with E-state index in [1.807, 2.05) is 6.07 Å². The summed E-state index contributed by atoms with van der Waals surface area (Å²) < 4.78 is 12.9. The predicted molar refractivity (Wildman–Crippen MR) is 85.8 cm³/mol. The molecule has 0 aliphatic carbocycles. The van der Waals surface area contributed by atoms with E-state index < -0.39 is 0 Å². The van der Waals surface area contributed by atoms with Gasteiger partial charge in [0.05, 0.1) is 10.6 Å². The standard InChI is InChI=1S/C17H12FNO2S/c18-12-7-5-11(6-8-12)15-9-10-16(22-15)17(21)19-13-3-1-2-4-14(13)20/h1-10,20H,(H,19,21). The first-order valence-corrected chi connectivity index (χ1v) is 7.40. The molecule has 22 heavy (non-hydrogen) atoms. The Bertz CT molecular complexity index is 812. The summed E-state index contributed by atoms with van der Waals surface area (Å²) in [7, 11) is 0. The molecule has 3 rings (SSSR count). The van der Waals surface area contributed by atoms with E-state index in [2.05, 4.69) is 5.32 Å². The number of para-hydroxylation sites is 2. The zero-order valence-corrected chi connectivity index (χ0v) is 12.2. The first kappa shape index (κ1) is 14.3. The van der Waals surface area contributed by atoms with E-state index in [1.54, 1.807) is 36.4 Å². The van der Waals surface area contributed by atoms with Gasteiger partial charge in [0, 0.05) is 4.88 Å². The number of anilines is 1. The molecule has 2 aromatic carbocycles. The Morgan fingerprint density at radius 2 is 1.73 bits per heavy atom. The molecule has 0 aliphatic rings. The number of rotatable bonds is 3. The number of hydrogen-bond donors (Lipinski definition) is 2. The molecule has 0 atom stereocenters. The second kappa shape index (κ2) is 5.99. The smallest absolute Gasteiger partial charge is 0.265 e. The number of aromatic hydroxyl groups is 1. The van der Waals surface area contributed by atoms with Crippen LogP contribution in [0.3, 0.4) is 0 Å². The Balaban J connectivity index is 1.80. The molecule has 0 unspecified atom stereocenters. The van der Waals surface area contributed by atoms with E-state index in [1.165, 1.54) is 29.5 Å². The van der Waals surface area contributed by atoms with Gasteiger partial charge in [-0.1, -0.05) is 24.3 Å². The molecule has 0 spiro atoms. The van der Waals surface area contributed by atoms with Crippen molar-refractivity contribution in [1.29, 1.82) is 0 Å². The SMILES string of the molecule is O=C(Nc1ccccc1O)c1ccc(-c2ccc(F)cc2)s1. The van der Waals surface area contributed by atoms with Crippen molar-refractivity contribution in [2.45, 2.75) is 0 Å². The van der Waals surface area contributed by atoms with Gasteiger partial charge in [0.2, 0.25) is 0 Å². The van der Waals surface area contributed by atoms with Crippen molar-refractivity contribution in [3.05, 3.63) is 71.4 Å². The predicted octanol–water partition coefficient (Wildman–Crippen LogP) is 4.51. The number of nitrogens with one attached hydrogen (secondary N) is 1. The summed E-state index contributed by atoms with van der Waals surface area (Å²) in [6.45, 7) is 0. The van der Waals surface area contributed by atoms with Crippen LogP contribution in [-0.2, 0) is 0 Å². The minimum absolute atomic E-state index is 0.0196. The summed E-state index contributed by atoms with van der Waals surface area (Å²) in [6.07, 6.45) is 0. The molecule has 1 heterocycles. The second-order valence-electron chi connectivity index (χ2n) is 4.64. The maximum absolute atomic E-state index is 12.9. The molecule has 0 saturated heterocycles. The van der Waals surface area contributed by atoms with E-state index in [4.69, 9.17) is 0 Å². The minimum Gasteiger partial charge on any atom is -0.506 e. The van der Waals surface area contributed by atoms with Gasteiger partial charge in [0.1, 0.15) is 11.6 Å². The van der Waals surface area contributed by atoms with Crippen LogP contribution in [0.15, 0.2) is 60.7 Å². The lowest BCUT2D eigenvalue weighted by Gasteiger charge is -2.05. The Morgan fingerprint density at radius 1 is 1.00 bits per heavy atom. The van der Waals surface area contributed by atoms with E-state index in [9.17, 15) is 14.3 Å². The van der Waals surface area contributed by atoms with Gasteiger partial charge in [-0.2, -0.15) is 0 Å². The van der Waals surface area contributed by atoms with Crippen molar-refractivity contribution in [2.24, 2.45) is 0 Å². The fraction of sp³-hybridized carbons (Fsp3) is 0. The molecule has 3 aromatic rings. The maximum Gasteiger partial charge on any atom is 0.265 e. The van der Waals surface area contributed by atoms with Gasteiger partial charge >= 0.3 is 0 Å². The van der Waals surface area contributed by atoms with Crippen LogP contribution in [0, 0.1) is 5.82 Å². The van der Waals surface area contributed by atoms with Gasteiger partial charge in [-0.25, -0.2) is 4.39 Å². The van der Waals surface area contributed by atoms with Crippen molar-refractivity contribution in [2.75, 3.05) is 5.32 Å². The molecule has 3 nitrogen and oxygen atoms in total. The summed E-state index contributed by atoms with van der Waals surface area (Å²) in [5, 5.41) is 12.3. The van der Waals surface area contributed by atoms with Crippen LogP contribution < -0.4 is 5.32 Å². The van der Waals surface area contributed by atoms with Crippen LogP contribution in [-0.4, -0.2) is 11.0 Å². The van der Waals surface area contributed by atoms with Gasteiger partial charge in [0.25, 0.3) is 5.91 Å². The molecule has 5 heteroatoms. The third kappa shape index (κ3) is 2.99. The maximum atomic E-state index is 12.9. The van der Waals surface area contributed by atoms with E-state index in [-0.39, 0.29) is 17.5 Å². The lowest BCUT2D eigenvalue weighted by molar-refractivity contribution is 0.103. The molecule has 0 saturated carbocycles. The van der Waals surface area contributed by atoms with Crippen LogP contribution in [0.4, 0.5) is 10.1 Å². The summed E-state index contributed by atoms with van der Waals surface area (Å²) in [5.41, 5.74) is 1.22. The average molecular weight is 313 g/mol. The van der Waals surface area contributed by atoms with Crippen molar-refractivity contribution in [3.63, 3.8) is 0 Å². The number of phenols is 1. The van der Waals surface area contributed by atoms with Crippen LogP contribution in [0.25, 0.3) is 10.4 Å². The Hall–Kier alpha value is -2.66. The van der Waals surface area contributed by atoms with Crippen molar-refractivity contribution >= 4 is 22.9 Å². The molecular weight excluding hydrogens is 301 g/mol. The summed E-state index contributed by atoms with van der Waals surface area (Å²) in [5.74, 6) is -0.566. The molecule has 0 aliphatic heterocycles. The molecular formula is C17H12FNO2S. The van der Waals surface area contributed by atoms with Gasteiger partial charge in [-0.05, 0) is 42.0 Å². The number of thiophene rings is 1. The molecule has 0 fully saturated rings. The lowest BCUT2D eigenvalue weighted by atomic mass is 10.2. The van der Waals surface area contributed by atoms with Crippen molar-refractivity contribution in [3.8, 4) is 16.2 Å². The number of carbonyl (C=O) groups is 1. The molecule has 110 valence electrons. The first-order valence-electron chi connectivity index (χ1n) is 6.58.